The molecule has 96 valence electrons. The van der Waals surface area contributed by atoms with Gasteiger partial charge in [0.25, 0.3) is 0 Å². The molecule has 1 aliphatic rings. The summed E-state index contributed by atoms with van der Waals surface area (Å²) < 4.78 is 4.97. The summed E-state index contributed by atoms with van der Waals surface area (Å²) in [5.41, 5.74) is 5.31. The summed E-state index contributed by atoms with van der Waals surface area (Å²) >= 11 is 0. The smallest absolute Gasteiger partial charge is 0.245 e. The number of carbonyl (C=O) groups excluding carboxylic acids is 1. The van der Waals surface area contributed by atoms with Crippen LogP contribution in [-0.4, -0.2) is 23.0 Å². The van der Waals surface area contributed by atoms with Crippen LogP contribution < -0.4 is 15.6 Å². The molecular weight excluding hydrogens is 232 g/mol. The zero-order valence-electron chi connectivity index (χ0n) is 10.2. The number of nitrogens with zero attached hydrogens (tertiary/aromatic N) is 2. The van der Waals surface area contributed by atoms with E-state index in [0.717, 1.165) is 19.3 Å². The van der Waals surface area contributed by atoms with Crippen molar-refractivity contribution >= 4 is 11.9 Å². The van der Waals surface area contributed by atoms with Gasteiger partial charge in [-0.1, -0.05) is 12.2 Å². The van der Waals surface area contributed by atoms with Gasteiger partial charge in [0.1, 0.15) is 0 Å². The van der Waals surface area contributed by atoms with Gasteiger partial charge in [0.2, 0.25) is 17.7 Å². The Kier molecular flexibility index (Phi) is 4.11. The Bertz CT molecular complexity index is 447. The average Bonchev–Trinajstić information content (AvgIpc) is 2.46. The van der Waals surface area contributed by atoms with E-state index in [4.69, 9.17) is 4.74 Å². The number of rotatable bonds is 4. The molecule has 0 aromatic carbocycles. The van der Waals surface area contributed by atoms with Crippen LogP contribution in [0.25, 0.3) is 0 Å². The van der Waals surface area contributed by atoms with Gasteiger partial charge in [0, 0.05) is 18.2 Å². The van der Waals surface area contributed by atoms with Gasteiger partial charge in [-0.25, -0.2) is 4.98 Å². The Hall–Kier alpha value is -2.11. The molecule has 2 N–H and O–H groups in total. The summed E-state index contributed by atoms with van der Waals surface area (Å²) in [6.07, 6.45) is 8.31. The Morgan fingerprint density at radius 2 is 2.39 bits per heavy atom. The molecule has 0 spiro atoms. The van der Waals surface area contributed by atoms with E-state index in [0.29, 0.717) is 11.8 Å². The predicted molar refractivity (Wildman–Crippen MR) is 66.8 cm³/mol. The molecular formula is C12H16N4O2. The van der Waals surface area contributed by atoms with E-state index in [2.05, 4.69) is 26.9 Å². The number of nitrogens with one attached hydrogen (secondary N) is 2. The largest absolute Gasteiger partial charge is 0.481 e. The van der Waals surface area contributed by atoms with Crippen molar-refractivity contribution in [1.29, 1.82) is 0 Å². The van der Waals surface area contributed by atoms with E-state index in [-0.39, 0.29) is 11.8 Å². The van der Waals surface area contributed by atoms with Crippen LogP contribution in [-0.2, 0) is 4.79 Å². The number of hydrogen-bond donors (Lipinski definition) is 2. The highest BCUT2D eigenvalue weighted by Gasteiger charge is 2.18. The number of carbonyl (C=O) groups is 1. The predicted octanol–water partition coefficient (Wildman–Crippen LogP) is 1.28. The summed E-state index contributed by atoms with van der Waals surface area (Å²) in [4.78, 5) is 19.8. The molecule has 0 bridgehead atoms. The van der Waals surface area contributed by atoms with Crippen molar-refractivity contribution in [3.8, 4) is 5.88 Å². The number of anilines is 1. The molecule has 1 aliphatic carbocycles. The minimum atomic E-state index is -0.0363. The van der Waals surface area contributed by atoms with Crippen LogP contribution in [0.3, 0.4) is 0 Å². The Morgan fingerprint density at radius 1 is 1.50 bits per heavy atom. The highest BCUT2D eigenvalue weighted by atomic mass is 16.5. The molecule has 1 aromatic rings. The van der Waals surface area contributed by atoms with Crippen molar-refractivity contribution in [3.05, 3.63) is 24.4 Å². The first-order chi connectivity index (χ1) is 8.79. The van der Waals surface area contributed by atoms with Gasteiger partial charge in [0.05, 0.1) is 7.11 Å². The van der Waals surface area contributed by atoms with Crippen LogP contribution in [0.2, 0.25) is 0 Å². The average molecular weight is 248 g/mol. The summed E-state index contributed by atoms with van der Waals surface area (Å²) in [7, 11) is 1.53. The van der Waals surface area contributed by atoms with Crippen LogP contribution in [0.15, 0.2) is 24.4 Å². The molecule has 1 atom stereocenters. The third kappa shape index (κ3) is 3.19. The second kappa shape index (κ2) is 6.00. The maximum Gasteiger partial charge on any atom is 0.245 e. The van der Waals surface area contributed by atoms with Crippen molar-refractivity contribution in [2.24, 2.45) is 5.92 Å². The van der Waals surface area contributed by atoms with Crippen molar-refractivity contribution in [1.82, 2.24) is 15.4 Å². The third-order valence-electron chi connectivity index (χ3n) is 2.78. The summed E-state index contributed by atoms with van der Waals surface area (Å²) in [5, 5.41) is 0. The second-order valence-corrected chi connectivity index (χ2v) is 4.02. The van der Waals surface area contributed by atoms with Crippen molar-refractivity contribution in [2.45, 2.75) is 19.3 Å². The molecule has 0 saturated heterocycles. The Balaban J connectivity index is 1.86. The zero-order valence-corrected chi connectivity index (χ0v) is 10.2. The second-order valence-electron chi connectivity index (χ2n) is 4.02. The summed E-state index contributed by atoms with van der Waals surface area (Å²) in [6, 6.07) is 1.64. The van der Waals surface area contributed by atoms with E-state index in [1.807, 2.05) is 6.08 Å². The van der Waals surface area contributed by atoms with Crippen LogP contribution in [0.5, 0.6) is 5.88 Å². The van der Waals surface area contributed by atoms with E-state index in [1.165, 1.54) is 7.11 Å². The quantitative estimate of drug-likeness (QED) is 0.620. The molecule has 0 fully saturated rings. The van der Waals surface area contributed by atoms with Gasteiger partial charge < -0.3 is 4.74 Å². The number of amides is 1. The van der Waals surface area contributed by atoms with Crippen LogP contribution in [0.1, 0.15) is 19.3 Å². The van der Waals surface area contributed by atoms with Gasteiger partial charge in [-0.2, -0.15) is 4.98 Å². The van der Waals surface area contributed by atoms with E-state index in [9.17, 15) is 4.79 Å². The number of methoxy groups -OCH3 is 1. The van der Waals surface area contributed by atoms with E-state index >= 15 is 0 Å². The first kappa shape index (κ1) is 12.3. The van der Waals surface area contributed by atoms with Gasteiger partial charge in [0.15, 0.2) is 0 Å². The first-order valence-electron chi connectivity index (χ1n) is 5.87. The van der Waals surface area contributed by atoms with E-state index < -0.39 is 0 Å². The summed E-state index contributed by atoms with van der Waals surface area (Å²) in [5.74, 6) is 0.746. The molecule has 0 radical (unpaired) electrons. The maximum absolute atomic E-state index is 11.8. The molecule has 18 heavy (non-hydrogen) atoms. The third-order valence-corrected chi connectivity index (χ3v) is 2.78. The maximum atomic E-state index is 11.8. The van der Waals surface area contributed by atoms with Crippen molar-refractivity contribution in [3.63, 3.8) is 0 Å². The monoisotopic (exact) mass is 248 g/mol. The number of hydrazine groups is 1. The van der Waals surface area contributed by atoms with Gasteiger partial charge in [-0.3, -0.25) is 15.6 Å². The molecule has 6 heteroatoms. The van der Waals surface area contributed by atoms with Crippen LogP contribution in [0.4, 0.5) is 5.95 Å². The lowest BCUT2D eigenvalue weighted by Crippen LogP contribution is -2.36. The molecule has 0 aliphatic heterocycles. The Morgan fingerprint density at radius 3 is 3.11 bits per heavy atom. The molecule has 1 aromatic heterocycles. The lowest BCUT2D eigenvalue weighted by molar-refractivity contribution is -0.124. The molecule has 1 amide bonds. The molecule has 6 nitrogen and oxygen atoms in total. The highest BCUT2D eigenvalue weighted by molar-refractivity contribution is 5.79. The number of aromatic nitrogens is 2. The molecule has 0 saturated carbocycles. The van der Waals surface area contributed by atoms with E-state index in [1.54, 1.807) is 12.3 Å². The Labute approximate surface area is 105 Å². The molecule has 1 heterocycles. The standard InChI is InChI=1S/C12H16N4O2/c1-18-10-7-8-13-12(14-10)16-15-11(17)9-5-3-2-4-6-9/h2-3,7-9H,4-6H2,1H3,(H,15,17)(H,13,14,16)/t9-/m0/s1. The fraction of sp³-hybridized carbons (Fsp3) is 0.417. The van der Waals surface area contributed by atoms with Crippen LogP contribution >= 0.6 is 0 Å². The van der Waals surface area contributed by atoms with Crippen molar-refractivity contribution in [2.75, 3.05) is 12.5 Å². The van der Waals surface area contributed by atoms with Gasteiger partial charge in [-0.15, -0.1) is 0 Å². The topological polar surface area (TPSA) is 76.1 Å². The highest BCUT2D eigenvalue weighted by Crippen LogP contribution is 2.17. The van der Waals surface area contributed by atoms with Gasteiger partial charge in [-0.05, 0) is 19.3 Å². The van der Waals surface area contributed by atoms with Gasteiger partial charge >= 0.3 is 0 Å². The summed E-state index contributed by atoms with van der Waals surface area (Å²) in [6.45, 7) is 0. The number of allylic oxidation sites excluding steroid dienone is 2. The lowest BCUT2D eigenvalue weighted by atomic mass is 9.94. The number of hydrogen-bond acceptors (Lipinski definition) is 5. The fourth-order valence-electron chi connectivity index (χ4n) is 1.77. The minimum absolute atomic E-state index is 0.0214. The lowest BCUT2D eigenvalue weighted by Gasteiger charge is -2.17. The first-order valence-corrected chi connectivity index (χ1v) is 5.87. The normalized spacial score (nSPS) is 18.2. The zero-order chi connectivity index (χ0) is 12.8. The minimum Gasteiger partial charge on any atom is -0.481 e. The molecule has 0 unspecified atom stereocenters. The van der Waals surface area contributed by atoms with Crippen LogP contribution in [0, 0.1) is 5.92 Å². The fourth-order valence-corrected chi connectivity index (χ4v) is 1.77. The number of ether oxygens (including phenoxy) is 1. The SMILES string of the molecule is COc1ccnc(NNC(=O)[C@H]2CC=CCC2)n1. The van der Waals surface area contributed by atoms with Crippen molar-refractivity contribution < 1.29 is 9.53 Å². The molecule has 2 rings (SSSR count).